The Kier molecular flexibility index (Phi) is 7.44. The van der Waals surface area contributed by atoms with E-state index in [2.05, 4.69) is 50.4 Å². The molecule has 0 aromatic heterocycles. The first kappa shape index (κ1) is 22.9. The Morgan fingerprint density at radius 2 is 1.32 bits per heavy atom. The second-order valence-electron chi connectivity index (χ2n) is 8.64. The van der Waals surface area contributed by atoms with Crippen molar-refractivity contribution in [2.45, 2.75) is 38.3 Å². The molecule has 3 rings (SSSR count). The molecule has 3 aromatic rings. The Hall–Kier alpha value is -2.73. The van der Waals surface area contributed by atoms with Crippen LogP contribution in [0.25, 0.3) is 0 Å². The van der Waals surface area contributed by atoms with Gasteiger partial charge in [-0.1, -0.05) is 99.6 Å². The predicted octanol–water partition coefficient (Wildman–Crippen LogP) is 3.95. The average Bonchev–Trinajstić information content (AvgIpc) is 2.77. The van der Waals surface area contributed by atoms with Crippen LogP contribution >= 0.6 is 0 Å². The van der Waals surface area contributed by atoms with Crippen LogP contribution in [0.5, 0.6) is 0 Å². The minimum Gasteiger partial charge on any atom is -0.396 e. The van der Waals surface area contributed by atoms with Gasteiger partial charge in [-0.25, -0.2) is 0 Å². The maximum Gasteiger partial charge on any atom is 0.262 e. The number of carbonyl (C=O) groups is 1. The Morgan fingerprint density at radius 3 is 1.74 bits per heavy atom. The largest absolute Gasteiger partial charge is 0.396 e. The van der Waals surface area contributed by atoms with E-state index in [4.69, 9.17) is 4.43 Å². The number of benzene rings is 3. The van der Waals surface area contributed by atoms with Crippen LogP contribution in [0.2, 0.25) is 5.04 Å². The van der Waals surface area contributed by atoms with Crippen LogP contribution in [0.15, 0.2) is 91.0 Å². The number of aliphatic hydroxyl groups excluding tert-OH is 1. The molecule has 0 bridgehead atoms. The summed E-state index contributed by atoms with van der Waals surface area (Å²) in [6, 6.07) is 29.7. The van der Waals surface area contributed by atoms with Gasteiger partial charge in [-0.15, -0.1) is 0 Å². The highest BCUT2D eigenvalue weighted by atomic mass is 28.4. The lowest BCUT2D eigenvalue weighted by atomic mass is 10.2. The zero-order chi connectivity index (χ0) is 22.3. The molecular weight excluding hydrogens is 402 g/mol. The first-order valence-corrected chi connectivity index (χ1v) is 12.5. The molecule has 1 atom stereocenters. The molecule has 0 aliphatic carbocycles. The van der Waals surface area contributed by atoms with Crippen molar-refractivity contribution in [2.75, 3.05) is 11.9 Å². The number of hydrogen-bond acceptors (Lipinski definition) is 3. The summed E-state index contributed by atoms with van der Waals surface area (Å²) in [6.07, 6.45) is -0.556. The molecule has 162 valence electrons. The highest BCUT2D eigenvalue weighted by Gasteiger charge is 2.52. The van der Waals surface area contributed by atoms with Gasteiger partial charge in [0.05, 0.1) is 0 Å². The summed E-state index contributed by atoms with van der Waals surface area (Å²) < 4.78 is 6.92. The summed E-state index contributed by atoms with van der Waals surface area (Å²) in [5.74, 6) is -0.242. The van der Waals surface area contributed by atoms with Crippen LogP contribution < -0.4 is 15.7 Å². The van der Waals surface area contributed by atoms with Gasteiger partial charge in [-0.05, 0) is 27.5 Å². The second-order valence-corrected chi connectivity index (χ2v) is 12.9. The Bertz CT molecular complexity index is 917. The normalized spacial score (nSPS) is 12.9. The van der Waals surface area contributed by atoms with Gasteiger partial charge in [-0.2, -0.15) is 0 Å². The highest BCUT2D eigenvalue weighted by molar-refractivity contribution is 6.99. The third kappa shape index (κ3) is 5.13. The standard InChI is InChI=1S/C26H31NO3Si/c1-26(2,3)31(22-15-9-5-10-16-22,23-17-11-6-12-18-23)30-24(19-20-28)25(29)27-21-13-7-4-8-14-21/h4-18,24,28H,19-20H2,1-3H3,(H,27,29)/t24-/m1/s1. The molecule has 4 nitrogen and oxygen atoms in total. The van der Waals surface area contributed by atoms with Crippen molar-refractivity contribution in [3.05, 3.63) is 91.0 Å². The van der Waals surface area contributed by atoms with Crippen molar-refractivity contribution >= 4 is 30.3 Å². The van der Waals surface area contributed by atoms with E-state index in [1.54, 1.807) is 0 Å². The molecule has 1 amide bonds. The lowest BCUT2D eigenvalue weighted by molar-refractivity contribution is -0.123. The van der Waals surface area contributed by atoms with Crippen LogP contribution in [-0.4, -0.2) is 32.0 Å². The Labute approximate surface area is 186 Å². The minimum absolute atomic E-state index is 0.134. The molecule has 2 N–H and O–H groups in total. The van der Waals surface area contributed by atoms with E-state index in [-0.39, 0.29) is 24.0 Å². The SMILES string of the molecule is CC(C)(C)[Si](O[C@H](CCO)C(=O)Nc1ccccc1)(c1ccccc1)c1ccccc1. The first-order valence-electron chi connectivity index (χ1n) is 10.6. The number of amides is 1. The Morgan fingerprint density at radius 1 is 0.871 bits per heavy atom. The molecule has 31 heavy (non-hydrogen) atoms. The molecule has 0 spiro atoms. The predicted molar refractivity (Wildman–Crippen MR) is 129 cm³/mol. The third-order valence-corrected chi connectivity index (χ3v) is 10.5. The average molecular weight is 434 g/mol. The lowest BCUT2D eigenvalue weighted by Gasteiger charge is -2.44. The van der Waals surface area contributed by atoms with Crippen LogP contribution in [0, 0.1) is 0 Å². The summed E-state index contributed by atoms with van der Waals surface area (Å²) >= 11 is 0. The molecular formula is C26H31NO3Si. The van der Waals surface area contributed by atoms with Crippen LogP contribution in [0.1, 0.15) is 27.2 Å². The fourth-order valence-electron chi connectivity index (χ4n) is 4.01. The second kappa shape index (κ2) is 10.0. The Balaban J connectivity index is 2.08. The van der Waals surface area contributed by atoms with Gasteiger partial charge in [0.15, 0.2) is 0 Å². The number of rotatable bonds is 8. The van der Waals surface area contributed by atoms with Crippen molar-refractivity contribution < 1.29 is 14.3 Å². The fraction of sp³-hybridized carbons (Fsp3) is 0.269. The van der Waals surface area contributed by atoms with Gasteiger partial charge in [0.2, 0.25) is 0 Å². The van der Waals surface area contributed by atoms with Gasteiger partial charge in [0.25, 0.3) is 14.2 Å². The summed E-state index contributed by atoms with van der Waals surface area (Å²) in [4.78, 5) is 13.2. The molecule has 0 aliphatic rings. The number of hydrogen-bond donors (Lipinski definition) is 2. The molecule has 0 fully saturated rings. The summed E-state index contributed by atoms with van der Waals surface area (Å²) in [7, 11) is -2.90. The van der Waals surface area contributed by atoms with Crippen molar-refractivity contribution in [2.24, 2.45) is 0 Å². The third-order valence-electron chi connectivity index (χ3n) is 5.46. The maximum absolute atomic E-state index is 13.2. The van der Waals surface area contributed by atoms with E-state index in [1.165, 1.54) is 0 Å². The van der Waals surface area contributed by atoms with Crippen molar-refractivity contribution in [1.82, 2.24) is 0 Å². The number of nitrogens with one attached hydrogen (secondary N) is 1. The van der Waals surface area contributed by atoms with E-state index in [9.17, 15) is 9.90 Å². The smallest absolute Gasteiger partial charge is 0.262 e. The van der Waals surface area contributed by atoms with Crippen molar-refractivity contribution in [3.63, 3.8) is 0 Å². The van der Waals surface area contributed by atoms with Crippen LogP contribution in [0.3, 0.4) is 0 Å². The fourth-order valence-corrected chi connectivity index (χ4v) is 8.68. The summed E-state index contributed by atoms with van der Waals surface area (Å²) in [6.45, 7) is 6.38. The van der Waals surface area contributed by atoms with Gasteiger partial charge in [0.1, 0.15) is 6.10 Å². The molecule has 0 saturated heterocycles. The van der Waals surface area contributed by atoms with Gasteiger partial charge in [0, 0.05) is 18.7 Å². The molecule has 3 aromatic carbocycles. The van der Waals surface area contributed by atoms with E-state index in [0.29, 0.717) is 5.69 Å². The van der Waals surface area contributed by atoms with E-state index >= 15 is 0 Å². The molecule has 0 radical (unpaired) electrons. The zero-order valence-corrected chi connectivity index (χ0v) is 19.4. The number of carbonyl (C=O) groups excluding carboxylic acids is 1. The zero-order valence-electron chi connectivity index (χ0n) is 18.4. The molecule has 0 aliphatic heterocycles. The first-order chi connectivity index (χ1) is 14.9. The summed E-state index contributed by atoms with van der Waals surface area (Å²) in [5.41, 5.74) is 0.710. The van der Waals surface area contributed by atoms with Gasteiger partial charge < -0.3 is 14.8 Å². The van der Waals surface area contributed by atoms with Crippen LogP contribution in [-0.2, 0) is 9.22 Å². The quantitative estimate of drug-likeness (QED) is 0.529. The topological polar surface area (TPSA) is 58.6 Å². The van der Waals surface area contributed by atoms with Crippen LogP contribution in [0.4, 0.5) is 5.69 Å². The maximum atomic E-state index is 13.2. The molecule has 0 heterocycles. The van der Waals surface area contributed by atoms with Crippen molar-refractivity contribution in [1.29, 1.82) is 0 Å². The van der Waals surface area contributed by atoms with E-state index in [0.717, 1.165) is 10.4 Å². The number of aliphatic hydroxyl groups is 1. The van der Waals surface area contributed by atoms with Gasteiger partial charge >= 0.3 is 0 Å². The van der Waals surface area contributed by atoms with E-state index < -0.39 is 14.4 Å². The minimum atomic E-state index is -2.90. The number of para-hydroxylation sites is 1. The monoisotopic (exact) mass is 433 g/mol. The van der Waals surface area contributed by atoms with Crippen molar-refractivity contribution in [3.8, 4) is 0 Å². The molecule has 0 unspecified atom stereocenters. The summed E-state index contributed by atoms with van der Waals surface area (Å²) in [5, 5.41) is 14.6. The molecule has 5 heteroatoms. The van der Waals surface area contributed by atoms with E-state index in [1.807, 2.05) is 66.7 Å². The van der Waals surface area contributed by atoms with Gasteiger partial charge in [-0.3, -0.25) is 4.79 Å². The number of anilines is 1. The highest BCUT2D eigenvalue weighted by Crippen LogP contribution is 2.38. The lowest BCUT2D eigenvalue weighted by Crippen LogP contribution is -2.68. The molecule has 0 saturated carbocycles.